The van der Waals surface area contributed by atoms with Crippen LogP contribution in [0.25, 0.3) is 0 Å². The summed E-state index contributed by atoms with van der Waals surface area (Å²) in [6, 6.07) is 29.3. The molecule has 0 spiro atoms. The van der Waals surface area contributed by atoms with Crippen molar-refractivity contribution in [2.45, 2.75) is 10.1 Å². The summed E-state index contributed by atoms with van der Waals surface area (Å²) in [5.74, 6) is -0.215. The Balaban J connectivity index is 1.52. The molecule has 0 aliphatic carbocycles. The third kappa shape index (κ3) is 6.49. The zero-order valence-corrected chi connectivity index (χ0v) is 19.7. The molecule has 1 atom stereocenters. The van der Waals surface area contributed by atoms with E-state index in [1.807, 2.05) is 48.5 Å². The first-order chi connectivity index (χ1) is 17.0. The number of halogens is 1. The van der Waals surface area contributed by atoms with E-state index in [4.69, 9.17) is 4.74 Å². The summed E-state index contributed by atoms with van der Waals surface area (Å²) in [6.45, 7) is 0. The average molecular weight is 487 g/mol. The molecule has 176 valence electrons. The Hall–Kier alpha value is -4.10. The number of carbonyl (C=O) groups excluding carboxylic acids is 2. The van der Waals surface area contributed by atoms with Gasteiger partial charge in [0.25, 0.3) is 5.91 Å². The van der Waals surface area contributed by atoms with Crippen molar-refractivity contribution in [3.8, 4) is 5.75 Å². The quantitative estimate of drug-likeness (QED) is 0.277. The smallest absolute Gasteiger partial charge is 0.255 e. The molecular weight excluding hydrogens is 463 g/mol. The molecular formula is C28H23FN2O3S. The van der Waals surface area contributed by atoms with Crippen LogP contribution in [0.5, 0.6) is 5.75 Å². The molecule has 5 nitrogen and oxygen atoms in total. The van der Waals surface area contributed by atoms with Gasteiger partial charge in [0.2, 0.25) is 5.91 Å². The lowest BCUT2D eigenvalue weighted by Gasteiger charge is -2.18. The van der Waals surface area contributed by atoms with Gasteiger partial charge in [0, 0.05) is 21.8 Å². The minimum atomic E-state index is -0.527. The monoisotopic (exact) mass is 486 g/mol. The van der Waals surface area contributed by atoms with Crippen LogP contribution in [0.4, 0.5) is 15.8 Å². The molecule has 7 heteroatoms. The minimum Gasteiger partial charge on any atom is -0.497 e. The fourth-order valence-electron chi connectivity index (χ4n) is 3.37. The maximum atomic E-state index is 13.3. The molecule has 0 bridgehead atoms. The molecule has 2 amide bonds. The second kappa shape index (κ2) is 11.4. The van der Waals surface area contributed by atoms with Crippen molar-refractivity contribution < 1.29 is 18.7 Å². The highest BCUT2D eigenvalue weighted by Crippen LogP contribution is 2.37. The van der Waals surface area contributed by atoms with E-state index < -0.39 is 11.1 Å². The molecule has 4 rings (SSSR count). The van der Waals surface area contributed by atoms with Crippen LogP contribution in [0, 0.1) is 5.82 Å². The molecule has 4 aromatic carbocycles. The number of thioether (sulfide) groups is 1. The molecule has 0 saturated heterocycles. The van der Waals surface area contributed by atoms with Crippen LogP contribution in [0.2, 0.25) is 0 Å². The van der Waals surface area contributed by atoms with Crippen molar-refractivity contribution in [1.29, 1.82) is 0 Å². The highest BCUT2D eigenvalue weighted by Gasteiger charge is 2.22. The maximum Gasteiger partial charge on any atom is 0.255 e. The van der Waals surface area contributed by atoms with Gasteiger partial charge in [-0.2, -0.15) is 0 Å². The van der Waals surface area contributed by atoms with E-state index in [2.05, 4.69) is 10.6 Å². The lowest BCUT2D eigenvalue weighted by Crippen LogP contribution is -2.19. The summed E-state index contributed by atoms with van der Waals surface area (Å²) in [6.07, 6.45) is 0. The molecule has 35 heavy (non-hydrogen) atoms. The largest absolute Gasteiger partial charge is 0.497 e. The third-order valence-corrected chi connectivity index (χ3v) is 6.40. The number of anilines is 2. The predicted molar refractivity (Wildman–Crippen MR) is 137 cm³/mol. The van der Waals surface area contributed by atoms with Crippen LogP contribution in [-0.4, -0.2) is 18.9 Å². The van der Waals surface area contributed by atoms with Crippen LogP contribution in [-0.2, 0) is 4.79 Å². The van der Waals surface area contributed by atoms with Crippen LogP contribution >= 0.6 is 11.8 Å². The zero-order valence-electron chi connectivity index (χ0n) is 18.9. The predicted octanol–water partition coefficient (Wildman–Crippen LogP) is 6.56. The van der Waals surface area contributed by atoms with E-state index in [9.17, 15) is 14.0 Å². The molecule has 0 radical (unpaired) electrons. The summed E-state index contributed by atoms with van der Waals surface area (Å²) < 4.78 is 18.3. The lowest BCUT2D eigenvalue weighted by molar-refractivity contribution is -0.115. The van der Waals surface area contributed by atoms with Crippen molar-refractivity contribution in [1.82, 2.24) is 0 Å². The summed E-state index contributed by atoms with van der Waals surface area (Å²) in [4.78, 5) is 26.6. The number of hydrogen-bond acceptors (Lipinski definition) is 4. The normalized spacial score (nSPS) is 11.4. The van der Waals surface area contributed by atoms with E-state index in [0.29, 0.717) is 22.7 Å². The number of carbonyl (C=O) groups is 2. The van der Waals surface area contributed by atoms with Gasteiger partial charge >= 0.3 is 0 Å². The Labute approximate surface area is 207 Å². The highest BCUT2D eigenvalue weighted by atomic mass is 32.2. The molecule has 0 aliphatic heterocycles. The molecule has 2 N–H and O–H groups in total. The lowest BCUT2D eigenvalue weighted by atomic mass is 10.1. The average Bonchev–Trinajstić information content (AvgIpc) is 2.89. The maximum absolute atomic E-state index is 13.3. The minimum absolute atomic E-state index is 0.174. The molecule has 0 aliphatic rings. The summed E-state index contributed by atoms with van der Waals surface area (Å²) in [5.41, 5.74) is 2.44. The first-order valence-corrected chi connectivity index (χ1v) is 11.7. The van der Waals surface area contributed by atoms with Crippen molar-refractivity contribution in [2.24, 2.45) is 0 Å². The Kier molecular flexibility index (Phi) is 7.80. The number of hydrogen-bond donors (Lipinski definition) is 2. The van der Waals surface area contributed by atoms with E-state index in [-0.39, 0.29) is 11.8 Å². The number of benzene rings is 4. The molecule has 0 aromatic heterocycles. The van der Waals surface area contributed by atoms with E-state index in [0.717, 1.165) is 10.5 Å². The molecule has 1 unspecified atom stereocenters. The fourth-order valence-corrected chi connectivity index (χ4v) is 4.45. The van der Waals surface area contributed by atoms with E-state index in [1.165, 1.54) is 36.0 Å². The number of rotatable bonds is 8. The van der Waals surface area contributed by atoms with Gasteiger partial charge in [-0.05, 0) is 72.3 Å². The van der Waals surface area contributed by atoms with Crippen molar-refractivity contribution in [3.05, 3.63) is 120 Å². The van der Waals surface area contributed by atoms with Crippen LogP contribution in [0.3, 0.4) is 0 Å². The Bertz CT molecular complexity index is 1300. The fraction of sp³-hybridized carbons (Fsp3) is 0.0714. The van der Waals surface area contributed by atoms with Gasteiger partial charge in [0.1, 0.15) is 16.8 Å². The summed E-state index contributed by atoms with van der Waals surface area (Å²) >= 11 is 1.38. The van der Waals surface area contributed by atoms with Crippen LogP contribution in [0.1, 0.15) is 21.2 Å². The molecule has 0 fully saturated rings. The zero-order chi connectivity index (χ0) is 24.6. The van der Waals surface area contributed by atoms with Crippen LogP contribution in [0.15, 0.2) is 108 Å². The molecule has 0 heterocycles. The number of methoxy groups -OCH3 is 1. The van der Waals surface area contributed by atoms with Gasteiger partial charge in [-0.3, -0.25) is 9.59 Å². The van der Waals surface area contributed by atoms with E-state index >= 15 is 0 Å². The molecule has 0 saturated carbocycles. The highest BCUT2D eigenvalue weighted by molar-refractivity contribution is 8.00. The van der Waals surface area contributed by atoms with Crippen molar-refractivity contribution >= 4 is 35.0 Å². The standard InChI is InChI=1S/C28H23FN2O3S/c1-34-24-16-14-22(15-17-24)30-28(33)26(19-6-3-2-4-7-19)35-25-9-5-8-23(18-25)31-27(32)20-10-12-21(29)13-11-20/h2-18,26H,1H3,(H,30,33)(H,31,32). The number of ether oxygens (including phenoxy) is 1. The van der Waals surface area contributed by atoms with Gasteiger partial charge in [-0.25, -0.2) is 4.39 Å². The van der Waals surface area contributed by atoms with Crippen molar-refractivity contribution in [2.75, 3.05) is 17.7 Å². The van der Waals surface area contributed by atoms with Gasteiger partial charge in [-0.15, -0.1) is 11.8 Å². The van der Waals surface area contributed by atoms with Gasteiger partial charge in [-0.1, -0.05) is 36.4 Å². The SMILES string of the molecule is COc1ccc(NC(=O)C(Sc2cccc(NC(=O)c3ccc(F)cc3)c2)c2ccccc2)cc1. The van der Waals surface area contributed by atoms with Crippen molar-refractivity contribution in [3.63, 3.8) is 0 Å². The number of amides is 2. The second-order valence-electron chi connectivity index (χ2n) is 7.62. The summed E-state index contributed by atoms with van der Waals surface area (Å²) in [5, 5.41) is 5.27. The van der Waals surface area contributed by atoms with Gasteiger partial charge < -0.3 is 15.4 Å². The summed E-state index contributed by atoms with van der Waals surface area (Å²) in [7, 11) is 1.59. The number of nitrogens with one attached hydrogen (secondary N) is 2. The van der Waals surface area contributed by atoms with E-state index in [1.54, 1.807) is 37.4 Å². The van der Waals surface area contributed by atoms with Gasteiger partial charge in [0.15, 0.2) is 0 Å². The first kappa shape index (κ1) is 24.0. The Morgan fingerprint density at radius 2 is 1.51 bits per heavy atom. The first-order valence-electron chi connectivity index (χ1n) is 10.9. The van der Waals surface area contributed by atoms with Gasteiger partial charge in [0.05, 0.1) is 7.11 Å². The third-order valence-electron chi connectivity index (χ3n) is 5.15. The molecule has 4 aromatic rings. The van der Waals surface area contributed by atoms with Crippen LogP contribution < -0.4 is 15.4 Å². The Morgan fingerprint density at radius 1 is 0.800 bits per heavy atom. The Morgan fingerprint density at radius 3 is 2.20 bits per heavy atom. The topological polar surface area (TPSA) is 67.4 Å². The second-order valence-corrected chi connectivity index (χ2v) is 8.79.